The minimum absolute atomic E-state index is 0.0526. The normalized spacial score (nSPS) is 13.1. The predicted octanol–water partition coefficient (Wildman–Crippen LogP) is 1.24. The second-order valence-corrected chi connectivity index (χ2v) is 5.76. The quantitative estimate of drug-likeness (QED) is 0.768. The van der Waals surface area contributed by atoms with Crippen molar-refractivity contribution in [2.24, 2.45) is 0 Å². The first-order valence-electron chi connectivity index (χ1n) is 5.00. The molecule has 0 rings (SSSR count). The second kappa shape index (κ2) is 5.98. The summed E-state index contributed by atoms with van der Waals surface area (Å²) in [6.45, 7) is 6.00. The largest absolute Gasteiger partial charge is 0.480 e. The van der Waals surface area contributed by atoms with E-state index in [4.69, 9.17) is 5.11 Å². The topological polar surface area (TPSA) is 69.6 Å². The Balaban J connectivity index is 4.22. The number of likely N-dealkylation sites (N-methyl/N-ethyl adjacent to an activating group) is 1. The minimum Gasteiger partial charge on any atom is -0.480 e. The van der Waals surface area contributed by atoms with Crippen LogP contribution in [0.3, 0.4) is 0 Å². The van der Waals surface area contributed by atoms with Gasteiger partial charge in [-0.05, 0) is 27.0 Å². The molecule has 0 aliphatic heterocycles. The fraction of sp³-hybridized carbons (Fsp3) is 0.800. The van der Waals surface area contributed by atoms with Crippen molar-refractivity contribution < 1.29 is 14.7 Å². The number of carboxylic acids is 1. The van der Waals surface area contributed by atoms with Crippen molar-refractivity contribution in [1.82, 2.24) is 10.2 Å². The van der Waals surface area contributed by atoms with Crippen LogP contribution < -0.4 is 5.32 Å². The van der Waals surface area contributed by atoms with Crippen LogP contribution in [-0.2, 0) is 4.79 Å². The molecule has 1 unspecified atom stereocenters. The standard InChI is InChI=1S/C10H20N2O3S/c1-7(8(13)14)12(4)9(15)11-6-10(2,3)16-5/h7H,6H2,1-5H3,(H,11,15)(H,13,14). The number of nitrogens with zero attached hydrogens (tertiary/aromatic N) is 1. The Morgan fingerprint density at radius 1 is 1.50 bits per heavy atom. The van der Waals surface area contributed by atoms with Crippen LogP contribution in [-0.4, -0.2) is 52.6 Å². The van der Waals surface area contributed by atoms with Gasteiger partial charge in [-0.1, -0.05) is 0 Å². The summed E-state index contributed by atoms with van der Waals surface area (Å²) in [5.74, 6) is -1.01. The number of hydrogen-bond acceptors (Lipinski definition) is 3. The average Bonchev–Trinajstić information content (AvgIpc) is 2.23. The van der Waals surface area contributed by atoms with Crippen LogP contribution in [0.25, 0.3) is 0 Å². The number of amides is 2. The summed E-state index contributed by atoms with van der Waals surface area (Å²) in [7, 11) is 1.47. The number of nitrogens with one attached hydrogen (secondary N) is 1. The monoisotopic (exact) mass is 248 g/mol. The van der Waals surface area contributed by atoms with Crippen molar-refractivity contribution >= 4 is 23.8 Å². The Labute approximate surface area is 101 Å². The molecule has 0 saturated heterocycles. The zero-order valence-electron chi connectivity index (χ0n) is 10.4. The van der Waals surface area contributed by atoms with E-state index in [-0.39, 0.29) is 10.8 Å². The van der Waals surface area contributed by atoms with Gasteiger partial charge in [0.25, 0.3) is 0 Å². The summed E-state index contributed by atoms with van der Waals surface area (Å²) in [5.41, 5.74) is 0. The average molecular weight is 248 g/mol. The zero-order chi connectivity index (χ0) is 12.9. The summed E-state index contributed by atoms with van der Waals surface area (Å²) in [4.78, 5) is 23.4. The van der Waals surface area contributed by atoms with Crippen LogP contribution >= 0.6 is 11.8 Å². The third kappa shape index (κ3) is 4.74. The highest BCUT2D eigenvalue weighted by atomic mass is 32.2. The summed E-state index contributed by atoms with van der Waals surface area (Å²) in [6.07, 6.45) is 1.97. The summed E-state index contributed by atoms with van der Waals surface area (Å²) >= 11 is 1.65. The Hall–Kier alpha value is -0.910. The number of rotatable bonds is 5. The number of urea groups is 1. The van der Waals surface area contributed by atoms with Gasteiger partial charge in [0, 0.05) is 18.3 Å². The van der Waals surface area contributed by atoms with Crippen molar-refractivity contribution in [2.45, 2.75) is 31.6 Å². The molecule has 16 heavy (non-hydrogen) atoms. The Morgan fingerprint density at radius 3 is 2.38 bits per heavy atom. The molecule has 0 spiro atoms. The highest BCUT2D eigenvalue weighted by Gasteiger charge is 2.23. The third-order valence-electron chi connectivity index (χ3n) is 2.48. The minimum atomic E-state index is -1.01. The fourth-order valence-electron chi connectivity index (χ4n) is 0.827. The molecule has 0 aromatic rings. The third-order valence-corrected chi connectivity index (χ3v) is 3.73. The maximum Gasteiger partial charge on any atom is 0.326 e. The smallest absolute Gasteiger partial charge is 0.326 e. The van der Waals surface area contributed by atoms with Crippen LogP contribution in [0, 0.1) is 0 Å². The number of thioether (sulfide) groups is 1. The molecule has 0 aromatic carbocycles. The van der Waals surface area contributed by atoms with Gasteiger partial charge in [-0.25, -0.2) is 9.59 Å². The maximum atomic E-state index is 11.6. The maximum absolute atomic E-state index is 11.6. The van der Waals surface area contributed by atoms with Gasteiger partial charge in [-0.3, -0.25) is 0 Å². The molecule has 0 aliphatic carbocycles. The Kier molecular flexibility index (Phi) is 5.64. The second-order valence-electron chi connectivity index (χ2n) is 4.25. The zero-order valence-corrected chi connectivity index (χ0v) is 11.2. The molecule has 6 heteroatoms. The van der Waals surface area contributed by atoms with Gasteiger partial charge >= 0.3 is 12.0 Å². The molecule has 0 radical (unpaired) electrons. The number of hydrogen-bond donors (Lipinski definition) is 2. The van der Waals surface area contributed by atoms with E-state index >= 15 is 0 Å². The molecular formula is C10H20N2O3S. The molecule has 0 bridgehead atoms. The first-order chi connectivity index (χ1) is 7.21. The van der Waals surface area contributed by atoms with E-state index in [9.17, 15) is 9.59 Å². The van der Waals surface area contributed by atoms with E-state index in [1.807, 2.05) is 20.1 Å². The summed E-state index contributed by atoms with van der Waals surface area (Å²) in [6, 6.07) is -1.19. The molecule has 0 saturated carbocycles. The number of carboxylic acid groups (broad SMARTS) is 1. The van der Waals surface area contributed by atoms with E-state index < -0.39 is 12.0 Å². The predicted molar refractivity (Wildman–Crippen MR) is 65.9 cm³/mol. The van der Waals surface area contributed by atoms with E-state index in [2.05, 4.69) is 5.32 Å². The molecule has 0 aromatic heterocycles. The SMILES string of the molecule is CSC(C)(C)CNC(=O)N(C)C(C)C(=O)O. The number of carbonyl (C=O) groups is 2. The van der Waals surface area contributed by atoms with Gasteiger partial charge in [0.2, 0.25) is 0 Å². The number of aliphatic carboxylic acids is 1. The van der Waals surface area contributed by atoms with Crippen molar-refractivity contribution in [1.29, 1.82) is 0 Å². The van der Waals surface area contributed by atoms with Crippen LogP contribution in [0.5, 0.6) is 0 Å². The molecular weight excluding hydrogens is 228 g/mol. The lowest BCUT2D eigenvalue weighted by atomic mass is 10.2. The van der Waals surface area contributed by atoms with E-state index in [0.29, 0.717) is 6.54 Å². The molecule has 1 atom stereocenters. The highest BCUT2D eigenvalue weighted by Crippen LogP contribution is 2.19. The Bertz CT molecular complexity index is 269. The van der Waals surface area contributed by atoms with Gasteiger partial charge < -0.3 is 15.3 Å². The van der Waals surface area contributed by atoms with Crippen LogP contribution in [0.1, 0.15) is 20.8 Å². The van der Waals surface area contributed by atoms with Gasteiger partial charge in [-0.15, -0.1) is 0 Å². The van der Waals surface area contributed by atoms with Gasteiger partial charge in [0.15, 0.2) is 0 Å². The lowest BCUT2D eigenvalue weighted by Crippen LogP contribution is -2.48. The first-order valence-corrected chi connectivity index (χ1v) is 6.22. The van der Waals surface area contributed by atoms with Crippen molar-refractivity contribution in [2.75, 3.05) is 19.8 Å². The van der Waals surface area contributed by atoms with E-state index in [1.165, 1.54) is 18.9 Å². The van der Waals surface area contributed by atoms with Gasteiger partial charge in [-0.2, -0.15) is 11.8 Å². The lowest BCUT2D eigenvalue weighted by molar-refractivity contribution is -0.141. The van der Waals surface area contributed by atoms with E-state index in [1.54, 1.807) is 11.8 Å². The number of carbonyl (C=O) groups excluding carboxylic acids is 1. The molecule has 0 fully saturated rings. The van der Waals surface area contributed by atoms with Crippen molar-refractivity contribution in [3.63, 3.8) is 0 Å². The summed E-state index contributed by atoms with van der Waals surface area (Å²) < 4.78 is -0.0526. The first kappa shape index (κ1) is 15.1. The molecule has 2 amide bonds. The molecule has 5 nitrogen and oxygen atoms in total. The van der Waals surface area contributed by atoms with Crippen LogP contribution in [0.15, 0.2) is 0 Å². The molecule has 0 aliphatic rings. The molecule has 2 N–H and O–H groups in total. The summed E-state index contributed by atoms with van der Waals surface area (Å²) in [5, 5.41) is 11.5. The van der Waals surface area contributed by atoms with Crippen molar-refractivity contribution in [3.8, 4) is 0 Å². The molecule has 0 heterocycles. The fourth-order valence-corrected chi connectivity index (χ4v) is 1.04. The molecule has 94 valence electrons. The van der Waals surface area contributed by atoms with Gasteiger partial charge in [0.05, 0.1) is 0 Å². The Morgan fingerprint density at radius 2 is 2.00 bits per heavy atom. The lowest BCUT2D eigenvalue weighted by Gasteiger charge is -2.26. The highest BCUT2D eigenvalue weighted by molar-refractivity contribution is 7.99. The van der Waals surface area contributed by atoms with Crippen LogP contribution in [0.4, 0.5) is 4.79 Å². The van der Waals surface area contributed by atoms with E-state index in [0.717, 1.165) is 0 Å². The van der Waals surface area contributed by atoms with Crippen molar-refractivity contribution in [3.05, 3.63) is 0 Å². The van der Waals surface area contributed by atoms with Crippen LogP contribution in [0.2, 0.25) is 0 Å². The van der Waals surface area contributed by atoms with Gasteiger partial charge in [0.1, 0.15) is 6.04 Å².